The van der Waals surface area contributed by atoms with E-state index in [1.54, 1.807) is 48.5 Å². The Bertz CT molecular complexity index is 1040. The predicted molar refractivity (Wildman–Crippen MR) is 117 cm³/mol. The normalized spacial score (nSPS) is 16.6. The molecular weight excluding hydrogens is 418 g/mol. The number of sulfonamides is 1. The highest BCUT2D eigenvalue weighted by atomic mass is 32.2. The summed E-state index contributed by atoms with van der Waals surface area (Å²) in [5, 5.41) is 5.41. The quantitative estimate of drug-likeness (QED) is 0.649. The van der Waals surface area contributed by atoms with Gasteiger partial charge in [0, 0.05) is 24.8 Å². The zero-order valence-corrected chi connectivity index (χ0v) is 18.4. The van der Waals surface area contributed by atoms with Gasteiger partial charge in [-0.1, -0.05) is 23.8 Å². The molecule has 2 N–H and O–H groups in total. The first kappa shape index (κ1) is 22.8. The van der Waals surface area contributed by atoms with Crippen molar-refractivity contribution in [3.05, 3.63) is 54.1 Å². The van der Waals surface area contributed by atoms with Gasteiger partial charge in [0.05, 0.1) is 4.90 Å². The number of nitrogens with one attached hydrogen (secondary N) is 2. The first-order valence-corrected chi connectivity index (χ1v) is 11.6. The highest BCUT2D eigenvalue weighted by molar-refractivity contribution is 7.89. The Morgan fingerprint density at radius 1 is 1.16 bits per heavy atom. The number of amides is 2. The van der Waals surface area contributed by atoms with Crippen molar-refractivity contribution in [2.24, 2.45) is 0 Å². The molecule has 1 aliphatic rings. The molecule has 9 heteroatoms. The molecule has 3 rings (SSSR count). The lowest BCUT2D eigenvalue weighted by Gasteiger charge is -2.23. The number of likely N-dealkylation sites (N-methyl/N-ethyl adjacent to an activating group) is 1. The van der Waals surface area contributed by atoms with Gasteiger partial charge in [0.25, 0.3) is 5.91 Å². The SMILES string of the molecule is CCNC(=O)COc1cccc(NC(=O)[C@@H]2CCCN2S(=O)(=O)c2ccc(C)cc2)c1. The fourth-order valence-electron chi connectivity index (χ4n) is 3.42. The summed E-state index contributed by atoms with van der Waals surface area (Å²) in [6.07, 6.45) is 1.06. The van der Waals surface area contributed by atoms with E-state index in [4.69, 9.17) is 4.74 Å². The van der Waals surface area contributed by atoms with Gasteiger partial charge in [-0.25, -0.2) is 8.42 Å². The molecular formula is C22H27N3O5S. The Labute approximate surface area is 182 Å². The van der Waals surface area contributed by atoms with Crippen molar-refractivity contribution < 1.29 is 22.7 Å². The number of benzene rings is 2. The maximum atomic E-state index is 13.1. The van der Waals surface area contributed by atoms with E-state index in [1.165, 1.54) is 4.31 Å². The number of carbonyl (C=O) groups excluding carboxylic acids is 2. The van der Waals surface area contributed by atoms with Gasteiger partial charge in [-0.05, 0) is 51.0 Å². The van der Waals surface area contributed by atoms with Crippen LogP contribution in [0.5, 0.6) is 5.75 Å². The molecule has 1 aliphatic heterocycles. The number of carbonyl (C=O) groups is 2. The Kier molecular flexibility index (Phi) is 7.29. The summed E-state index contributed by atoms with van der Waals surface area (Å²) in [5.41, 5.74) is 1.43. The summed E-state index contributed by atoms with van der Waals surface area (Å²) < 4.78 is 32.8. The number of ether oxygens (including phenoxy) is 1. The molecule has 1 fully saturated rings. The molecule has 1 atom stereocenters. The van der Waals surface area contributed by atoms with E-state index in [0.29, 0.717) is 37.4 Å². The lowest BCUT2D eigenvalue weighted by Crippen LogP contribution is -2.43. The third kappa shape index (κ3) is 5.62. The predicted octanol–water partition coefficient (Wildman–Crippen LogP) is 2.30. The van der Waals surface area contributed by atoms with E-state index in [0.717, 1.165) is 5.56 Å². The van der Waals surface area contributed by atoms with Gasteiger partial charge in [-0.3, -0.25) is 9.59 Å². The van der Waals surface area contributed by atoms with E-state index >= 15 is 0 Å². The van der Waals surface area contributed by atoms with Crippen LogP contribution in [0.25, 0.3) is 0 Å². The summed E-state index contributed by atoms with van der Waals surface area (Å²) >= 11 is 0. The number of aryl methyl sites for hydroxylation is 1. The van der Waals surface area contributed by atoms with E-state index in [2.05, 4.69) is 10.6 Å². The van der Waals surface area contributed by atoms with Crippen LogP contribution in [0.3, 0.4) is 0 Å². The van der Waals surface area contributed by atoms with Gasteiger partial charge in [0.2, 0.25) is 15.9 Å². The molecule has 0 saturated carbocycles. The monoisotopic (exact) mass is 445 g/mol. The first-order valence-electron chi connectivity index (χ1n) is 10.2. The van der Waals surface area contributed by atoms with Gasteiger partial charge in [0.1, 0.15) is 11.8 Å². The molecule has 31 heavy (non-hydrogen) atoms. The number of rotatable bonds is 8. The number of hydrogen-bond donors (Lipinski definition) is 2. The van der Waals surface area contributed by atoms with Gasteiger partial charge in [-0.15, -0.1) is 0 Å². The van der Waals surface area contributed by atoms with Gasteiger partial charge in [-0.2, -0.15) is 4.31 Å². The topological polar surface area (TPSA) is 105 Å². The van der Waals surface area contributed by atoms with E-state index in [-0.39, 0.29) is 17.4 Å². The molecule has 8 nitrogen and oxygen atoms in total. The van der Waals surface area contributed by atoms with E-state index in [9.17, 15) is 18.0 Å². The second kappa shape index (κ2) is 9.93. The second-order valence-electron chi connectivity index (χ2n) is 7.35. The molecule has 2 aromatic carbocycles. The minimum absolute atomic E-state index is 0.129. The fourth-order valence-corrected chi connectivity index (χ4v) is 5.08. The maximum absolute atomic E-state index is 13.1. The van der Waals surface area contributed by atoms with Gasteiger partial charge < -0.3 is 15.4 Å². The molecule has 0 spiro atoms. The van der Waals surface area contributed by atoms with Gasteiger partial charge >= 0.3 is 0 Å². The highest BCUT2D eigenvalue weighted by Gasteiger charge is 2.39. The Balaban J connectivity index is 1.69. The third-order valence-electron chi connectivity index (χ3n) is 4.98. The molecule has 0 aromatic heterocycles. The molecule has 1 heterocycles. The molecule has 2 amide bonds. The van der Waals surface area contributed by atoms with Crippen molar-refractivity contribution in [2.45, 2.75) is 37.6 Å². The van der Waals surface area contributed by atoms with Crippen molar-refractivity contribution in [1.82, 2.24) is 9.62 Å². The maximum Gasteiger partial charge on any atom is 0.257 e. The smallest absolute Gasteiger partial charge is 0.257 e. The van der Waals surface area contributed by atoms with Crippen molar-refractivity contribution in [3.8, 4) is 5.75 Å². The molecule has 0 radical (unpaired) electrons. The van der Waals surface area contributed by atoms with Crippen LogP contribution in [-0.4, -0.2) is 50.3 Å². The van der Waals surface area contributed by atoms with E-state index < -0.39 is 22.0 Å². The van der Waals surface area contributed by atoms with Crippen LogP contribution < -0.4 is 15.4 Å². The number of nitrogens with zero attached hydrogens (tertiary/aromatic N) is 1. The van der Waals surface area contributed by atoms with Crippen LogP contribution >= 0.6 is 0 Å². The van der Waals surface area contributed by atoms with Crippen LogP contribution in [-0.2, 0) is 19.6 Å². The summed E-state index contributed by atoms with van der Waals surface area (Å²) in [6, 6.07) is 12.5. The summed E-state index contributed by atoms with van der Waals surface area (Å²) in [6.45, 7) is 4.39. The lowest BCUT2D eigenvalue weighted by molar-refractivity contribution is -0.123. The largest absolute Gasteiger partial charge is 0.484 e. The zero-order chi connectivity index (χ0) is 22.4. The first-order chi connectivity index (χ1) is 14.8. The third-order valence-corrected chi connectivity index (χ3v) is 6.90. The number of anilines is 1. The second-order valence-corrected chi connectivity index (χ2v) is 9.24. The van der Waals surface area contributed by atoms with Crippen molar-refractivity contribution in [3.63, 3.8) is 0 Å². The molecule has 1 saturated heterocycles. The van der Waals surface area contributed by atoms with Crippen LogP contribution in [0.1, 0.15) is 25.3 Å². The van der Waals surface area contributed by atoms with Crippen molar-refractivity contribution >= 4 is 27.5 Å². The fraction of sp³-hybridized carbons (Fsp3) is 0.364. The average Bonchev–Trinajstić information content (AvgIpc) is 3.24. The lowest BCUT2D eigenvalue weighted by atomic mass is 10.2. The van der Waals surface area contributed by atoms with Crippen molar-refractivity contribution in [1.29, 1.82) is 0 Å². The van der Waals surface area contributed by atoms with Crippen molar-refractivity contribution in [2.75, 3.05) is 25.0 Å². The van der Waals surface area contributed by atoms with Crippen LogP contribution in [0.2, 0.25) is 0 Å². The summed E-state index contributed by atoms with van der Waals surface area (Å²) in [7, 11) is -3.77. The molecule has 0 unspecified atom stereocenters. The van der Waals surface area contributed by atoms with E-state index in [1.807, 2.05) is 13.8 Å². The average molecular weight is 446 g/mol. The summed E-state index contributed by atoms with van der Waals surface area (Å²) in [5.74, 6) is -0.200. The van der Waals surface area contributed by atoms with Crippen LogP contribution in [0.15, 0.2) is 53.4 Å². The Hall–Kier alpha value is -2.91. The van der Waals surface area contributed by atoms with Gasteiger partial charge in [0.15, 0.2) is 6.61 Å². The zero-order valence-electron chi connectivity index (χ0n) is 17.6. The molecule has 0 bridgehead atoms. The standard InChI is InChI=1S/C22H27N3O5S/c1-3-23-21(26)15-30-18-7-4-6-17(14-18)24-22(27)20-8-5-13-25(20)31(28,29)19-11-9-16(2)10-12-19/h4,6-7,9-12,14,20H,3,5,8,13,15H2,1-2H3,(H,23,26)(H,24,27)/t20-/m0/s1. The van der Waals surface area contributed by atoms with Crippen LogP contribution in [0.4, 0.5) is 5.69 Å². The molecule has 2 aromatic rings. The summed E-state index contributed by atoms with van der Waals surface area (Å²) in [4.78, 5) is 24.6. The minimum atomic E-state index is -3.77. The number of hydrogen-bond acceptors (Lipinski definition) is 5. The highest BCUT2D eigenvalue weighted by Crippen LogP contribution is 2.27. The molecule has 0 aliphatic carbocycles. The Morgan fingerprint density at radius 3 is 2.61 bits per heavy atom. The molecule has 166 valence electrons. The van der Waals surface area contributed by atoms with Crippen LogP contribution in [0, 0.1) is 6.92 Å². The minimum Gasteiger partial charge on any atom is -0.484 e. The Morgan fingerprint density at radius 2 is 1.90 bits per heavy atom.